The highest BCUT2D eigenvalue weighted by molar-refractivity contribution is 6.31. The molecule has 88 valence electrons. The number of aryl methyl sites for hydroxylation is 1. The summed E-state index contributed by atoms with van der Waals surface area (Å²) in [4.78, 5) is 10.1. The predicted octanol–water partition coefficient (Wildman–Crippen LogP) is 1.59. The zero-order chi connectivity index (χ0) is 12.4. The minimum Gasteiger partial charge on any atom is -0.258 e. The highest BCUT2D eigenvalue weighted by atomic mass is 35.5. The van der Waals surface area contributed by atoms with Gasteiger partial charge in [-0.1, -0.05) is 11.6 Å². The second-order valence-corrected chi connectivity index (χ2v) is 3.82. The zero-order valence-electron chi connectivity index (χ0n) is 8.87. The quantitative estimate of drug-likeness (QED) is 0.612. The van der Waals surface area contributed by atoms with E-state index in [1.807, 2.05) is 0 Å². The molecule has 7 nitrogen and oxygen atoms in total. The lowest BCUT2D eigenvalue weighted by molar-refractivity contribution is -0.384. The molecule has 0 aliphatic heterocycles. The zero-order valence-corrected chi connectivity index (χ0v) is 9.63. The molecular weight excluding hydrogens is 246 g/mol. The topological polar surface area (TPSA) is 86.7 Å². The summed E-state index contributed by atoms with van der Waals surface area (Å²) in [5.74, 6) is 0.652. The average Bonchev–Trinajstić information content (AvgIpc) is 2.67. The van der Waals surface area contributed by atoms with Crippen molar-refractivity contribution in [2.24, 2.45) is 0 Å². The molecule has 0 spiro atoms. The van der Waals surface area contributed by atoms with Crippen molar-refractivity contribution >= 4 is 17.3 Å². The van der Waals surface area contributed by atoms with Gasteiger partial charge in [0.1, 0.15) is 5.82 Å². The first kappa shape index (κ1) is 11.5. The van der Waals surface area contributed by atoms with E-state index in [4.69, 9.17) is 11.6 Å². The number of aromatic nitrogens is 4. The smallest absolute Gasteiger partial charge is 0.258 e. The number of non-ortho nitro benzene ring substituents is 1. The van der Waals surface area contributed by atoms with Crippen LogP contribution in [0.4, 0.5) is 5.69 Å². The lowest BCUT2D eigenvalue weighted by Gasteiger charge is -2.04. The molecule has 0 saturated heterocycles. The van der Waals surface area contributed by atoms with E-state index in [0.717, 1.165) is 5.56 Å². The maximum atomic E-state index is 10.5. The summed E-state index contributed by atoms with van der Waals surface area (Å²) in [5, 5.41) is 21.9. The van der Waals surface area contributed by atoms with Gasteiger partial charge in [0, 0.05) is 12.1 Å². The minimum absolute atomic E-state index is 0.0350. The molecule has 0 radical (unpaired) electrons. The second-order valence-electron chi connectivity index (χ2n) is 3.42. The summed E-state index contributed by atoms with van der Waals surface area (Å²) >= 11 is 5.96. The Labute approximate surface area is 101 Å². The van der Waals surface area contributed by atoms with Gasteiger partial charge in [0.15, 0.2) is 0 Å². The number of hydrogen-bond donors (Lipinski definition) is 0. The Hall–Kier alpha value is -2.02. The Morgan fingerprint density at radius 1 is 1.53 bits per heavy atom. The van der Waals surface area contributed by atoms with Crippen LogP contribution in [0.2, 0.25) is 5.02 Å². The third-order valence-electron chi connectivity index (χ3n) is 2.28. The molecule has 2 aromatic rings. The van der Waals surface area contributed by atoms with Crippen molar-refractivity contribution in [3.8, 4) is 0 Å². The van der Waals surface area contributed by atoms with E-state index in [0.29, 0.717) is 17.4 Å². The molecule has 0 bridgehead atoms. The molecule has 0 amide bonds. The van der Waals surface area contributed by atoms with Gasteiger partial charge in [-0.15, -0.1) is 5.10 Å². The monoisotopic (exact) mass is 253 g/mol. The molecule has 0 unspecified atom stereocenters. The summed E-state index contributed by atoms with van der Waals surface area (Å²) < 4.78 is 1.56. The van der Waals surface area contributed by atoms with Crippen LogP contribution in [0.5, 0.6) is 0 Å². The van der Waals surface area contributed by atoms with Crippen molar-refractivity contribution in [1.82, 2.24) is 20.2 Å². The molecule has 8 heteroatoms. The van der Waals surface area contributed by atoms with Crippen molar-refractivity contribution in [3.05, 3.63) is 44.7 Å². The standard InChI is InChI=1S/C9H8ClN5O2/c1-6-11-12-13-14(6)5-7-2-3-8(15(16)17)4-9(7)10/h2-4H,5H2,1H3. The van der Waals surface area contributed by atoms with E-state index < -0.39 is 4.92 Å². The number of tetrazole rings is 1. The molecular formula is C9H8ClN5O2. The van der Waals surface area contributed by atoms with Gasteiger partial charge in [0.25, 0.3) is 5.69 Å². The van der Waals surface area contributed by atoms with Crippen LogP contribution >= 0.6 is 11.6 Å². The van der Waals surface area contributed by atoms with Crippen molar-refractivity contribution in [2.45, 2.75) is 13.5 Å². The highest BCUT2D eigenvalue weighted by Crippen LogP contribution is 2.23. The Bertz CT molecular complexity index is 568. The molecule has 0 atom stereocenters. The molecule has 1 aromatic heterocycles. The summed E-state index contributed by atoms with van der Waals surface area (Å²) in [5.41, 5.74) is 0.694. The fourth-order valence-corrected chi connectivity index (χ4v) is 1.57. The van der Waals surface area contributed by atoms with Crippen LogP contribution in [0.3, 0.4) is 0 Å². The molecule has 0 saturated carbocycles. The fourth-order valence-electron chi connectivity index (χ4n) is 1.33. The van der Waals surface area contributed by atoms with Gasteiger partial charge >= 0.3 is 0 Å². The Kier molecular flexibility index (Phi) is 3.01. The first-order valence-corrected chi connectivity index (χ1v) is 5.11. The van der Waals surface area contributed by atoms with Crippen molar-refractivity contribution in [2.75, 3.05) is 0 Å². The third kappa shape index (κ3) is 2.39. The maximum Gasteiger partial charge on any atom is 0.270 e. The van der Waals surface area contributed by atoms with E-state index in [2.05, 4.69) is 15.5 Å². The number of hydrogen-bond acceptors (Lipinski definition) is 5. The molecule has 17 heavy (non-hydrogen) atoms. The van der Waals surface area contributed by atoms with E-state index >= 15 is 0 Å². The number of nitro benzene ring substituents is 1. The number of nitro groups is 1. The maximum absolute atomic E-state index is 10.5. The van der Waals surface area contributed by atoms with E-state index in [1.54, 1.807) is 17.7 Å². The van der Waals surface area contributed by atoms with Gasteiger partial charge < -0.3 is 0 Å². The van der Waals surface area contributed by atoms with Crippen molar-refractivity contribution in [1.29, 1.82) is 0 Å². The fraction of sp³-hybridized carbons (Fsp3) is 0.222. The Morgan fingerprint density at radius 2 is 2.29 bits per heavy atom. The molecule has 1 aromatic carbocycles. The summed E-state index contributed by atoms with van der Waals surface area (Å²) in [6.45, 7) is 2.15. The first-order valence-electron chi connectivity index (χ1n) is 4.73. The number of halogens is 1. The Balaban J connectivity index is 2.29. The van der Waals surface area contributed by atoms with Crippen LogP contribution in [0, 0.1) is 17.0 Å². The van der Waals surface area contributed by atoms with Gasteiger partial charge in [-0.05, 0) is 29.0 Å². The van der Waals surface area contributed by atoms with Gasteiger partial charge in [0.2, 0.25) is 0 Å². The SMILES string of the molecule is Cc1nnnn1Cc1ccc([N+](=O)[O-])cc1Cl. The molecule has 2 rings (SSSR count). The Morgan fingerprint density at radius 3 is 2.82 bits per heavy atom. The lowest BCUT2D eigenvalue weighted by Crippen LogP contribution is -2.05. The largest absolute Gasteiger partial charge is 0.270 e. The highest BCUT2D eigenvalue weighted by Gasteiger charge is 2.11. The van der Waals surface area contributed by atoms with Crippen molar-refractivity contribution < 1.29 is 4.92 Å². The normalized spacial score (nSPS) is 10.5. The van der Waals surface area contributed by atoms with Crippen molar-refractivity contribution in [3.63, 3.8) is 0 Å². The van der Waals surface area contributed by atoms with Crippen LogP contribution in [-0.2, 0) is 6.54 Å². The van der Waals surface area contributed by atoms with Gasteiger partial charge in [-0.3, -0.25) is 10.1 Å². The predicted molar refractivity (Wildman–Crippen MR) is 59.8 cm³/mol. The van der Waals surface area contributed by atoms with E-state index in [-0.39, 0.29) is 5.69 Å². The third-order valence-corrected chi connectivity index (χ3v) is 2.63. The minimum atomic E-state index is -0.488. The van der Waals surface area contributed by atoms with Gasteiger partial charge in [-0.2, -0.15) is 0 Å². The van der Waals surface area contributed by atoms with Crippen LogP contribution in [0.25, 0.3) is 0 Å². The van der Waals surface area contributed by atoms with E-state index in [9.17, 15) is 10.1 Å². The van der Waals surface area contributed by atoms with Crippen LogP contribution in [-0.4, -0.2) is 25.1 Å². The summed E-state index contributed by atoms with van der Waals surface area (Å²) in [6.07, 6.45) is 0. The summed E-state index contributed by atoms with van der Waals surface area (Å²) in [7, 11) is 0. The molecule has 1 heterocycles. The van der Waals surface area contributed by atoms with Gasteiger partial charge in [-0.25, -0.2) is 4.68 Å². The van der Waals surface area contributed by atoms with Crippen LogP contribution in [0.15, 0.2) is 18.2 Å². The molecule has 0 fully saturated rings. The molecule has 0 aliphatic rings. The van der Waals surface area contributed by atoms with Crippen LogP contribution in [0.1, 0.15) is 11.4 Å². The van der Waals surface area contributed by atoms with Gasteiger partial charge in [0.05, 0.1) is 16.5 Å². The number of benzene rings is 1. The number of rotatable bonds is 3. The van der Waals surface area contributed by atoms with E-state index in [1.165, 1.54) is 12.1 Å². The summed E-state index contributed by atoms with van der Waals surface area (Å²) in [6, 6.07) is 4.32. The first-order chi connectivity index (χ1) is 8.08. The average molecular weight is 254 g/mol. The van der Waals surface area contributed by atoms with Crippen LogP contribution < -0.4 is 0 Å². The molecule has 0 N–H and O–H groups in total. The second kappa shape index (κ2) is 4.46. The molecule has 0 aliphatic carbocycles. The number of nitrogens with zero attached hydrogens (tertiary/aromatic N) is 5. The lowest BCUT2D eigenvalue weighted by atomic mass is 10.2.